The molecule has 1 aliphatic carbocycles. The van der Waals surface area contributed by atoms with E-state index < -0.39 is 5.91 Å². The van der Waals surface area contributed by atoms with Crippen LogP contribution in [0.3, 0.4) is 0 Å². The van der Waals surface area contributed by atoms with Crippen molar-refractivity contribution in [2.75, 3.05) is 5.32 Å². The van der Waals surface area contributed by atoms with Crippen molar-refractivity contribution in [2.24, 2.45) is 5.73 Å². The molecule has 1 fully saturated rings. The van der Waals surface area contributed by atoms with E-state index in [2.05, 4.69) is 10.6 Å². The van der Waals surface area contributed by atoms with Crippen LogP contribution < -0.4 is 16.4 Å². The third kappa shape index (κ3) is 2.24. The third-order valence-corrected chi connectivity index (χ3v) is 4.33. The van der Waals surface area contributed by atoms with E-state index >= 15 is 0 Å². The second kappa shape index (κ2) is 4.81. The number of hydrogen-bond donors (Lipinski definition) is 3. The minimum absolute atomic E-state index is 0.0190. The van der Waals surface area contributed by atoms with Gasteiger partial charge in [-0.15, -0.1) is 0 Å². The molecule has 20 heavy (non-hydrogen) atoms. The largest absolute Gasteiger partial charge is 0.381 e. The molecule has 1 aromatic rings. The Balaban J connectivity index is 1.85. The van der Waals surface area contributed by atoms with Crippen LogP contribution in [0.1, 0.15) is 48.0 Å². The lowest BCUT2D eigenvalue weighted by atomic mass is 9.79. The molecule has 0 radical (unpaired) electrons. The zero-order valence-corrected chi connectivity index (χ0v) is 11.5. The van der Waals surface area contributed by atoms with Gasteiger partial charge in [-0.05, 0) is 43.0 Å². The Bertz CT molecular complexity index is 570. The van der Waals surface area contributed by atoms with E-state index in [9.17, 15) is 9.59 Å². The molecular formula is C15H19N3O2. The Morgan fingerprint density at radius 1 is 1.35 bits per heavy atom. The van der Waals surface area contributed by atoms with Gasteiger partial charge in [0.1, 0.15) is 0 Å². The van der Waals surface area contributed by atoms with Crippen molar-refractivity contribution in [1.82, 2.24) is 5.32 Å². The molecule has 106 valence electrons. The van der Waals surface area contributed by atoms with E-state index in [1.807, 2.05) is 12.1 Å². The highest BCUT2D eigenvalue weighted by molar-refractivity contribution is 5.93. The molecule has 1 heterocycles. The number of nitrogens with two attached hydrogens (primary N) is 1. The van der Waals surface area contributed by atoms with Gasteiger partial charge in [0.2, 0.25) is 11.8 Å². The zero-order valence-electron chi connectivity index (χ0n) is 11.5. The maximum Gasteiger partial charge on any atom is 0.248 e. The molecule has 3 rings (SSSR count). The lowest BCUT2D eigenvalue weighted by Gasteiger charge is -2.32. The van der Waals surface area contributed by atoms with Gasteiger partial charge in [-0.3, -0.25) is 9.59 Å². The van der Waals surface area contributed by atoms with Gasteiger partial charge in [0.05, 0.1) is 0 Å². The standard InChI is InChI=1S/C15H19N3O2/c1-8(19)17-10-3-5-14-12(7-10)11-6-9(15(16)20)2-4-13(11)18-14/h2,4,6,10,12,14,18H,3,5,7H2,1H3,(H2,16,20)(H,17,19). The van der Waals surface area contributed by atoms with Crippen LogP contribution >= 0.6 is 0 Å². The number of nitrogens with one attached hydrogen (secondary N) is 2. The van der Waals surface area contributed by atoms with Crippen LogP contribution in [-0.2, 0) is 4.79 Å². The maximum atomic E-state index is 11.3. The first-order valence-electron chi connectivity index (χ1n) is 7.02. The van der Waals surface area contributed by atoms with E-state index in [1.165, 1.54) is 0 Å². The highest BCUT2D eigenvalue weighted by atomic mass is 16.1. The lowest BCUT2D eigenvalue weighted by molar-refractivity contribution is -0.119. The molecule has 1 aliphatic heterocycles. The molecule has 1 saturated carbocycles. The van der Waals surface area contributed by atoms with Crippen LogP contribution in [0.25, 0.3) is 0 Å². The molecule has 2 aliphatic rings. The predicted octanol–water partition coefficient (Wildman–Crippen LogP) is 1.35. The Morgan fingerprint density at radius 2 is 2.15 bits per heavy atom. The summed E-state index contributed by atoms with van der Waals surface area (Å²) in [5.41, 5.74) is 8.15. The summed E-state index contributed by atoms with van der Waals surface area (Å²) < 4.78 is 0. The summed E-state index contributed by atoms with van der Waals surface area (Å²) in [5, 5.41) is 6.52. The molecule has 3 atom stereocenters. The Hall–Kier alpha value is -2.04. The van der Waals surface area contributed by atoms with Crippen molar-refractivity contribution in [3.8, 4) is 0 Å². The first-order chi connectivity index (χ1) is 9.54. The lowest BCUT2D eigenvalue weighted by Crippen LogP contribution is -2.41. The number of amides is 2. The molecule has 5 heteroatoms. The monoisotopic (exact) mass is 273 g/mol. The van der Waals surface area contributed by atoms with Crippen molar-refractivity contribution in [3.63, 3.8) is 0 Å². The quantitative estimate of drug-likeness (QED) is 0.760. The first kappa shape index (κ1) is 13.0. The molecule has 0 saturated heterocycles. The highest BCUT2D eigenvalue weighted by Gasteiger charge is 2.37. The minimum Gasteiger partial charge on any atom is -0.381 e. The summed E-state index contributed by atoms with van der Waals surface area (Å²) in [7, 11) is 0. The number of hydrogen-bond acceptors (Lipinski definition) is 3. The number of fused-ring (bicyclic) bond motifs is 3. The number of rotatable bonds is 2. The fraction of sp³-hybridized carbons (Fsp3) is 0.467. The first-order valence-corrected chi connectivity index (χ1v) is 7.02. The van der Waals surface area contributed by atoms with Gasteiger partial charge in [-0.2, -0.15) is 0 Å². The van der Waals surface area contributed by atoms with Crippen LogP contribution in [0.4, 0.5) is 5.69 Å². The molecule has 0 aromatic heterocycles. The SMILES string of the molecule is CC(=O)NC1CCC2Nc3ccc(C(N)=O)cc3C2C1. The number of primary amides is 1. The van der Waals surface area contributed by atoms with Crippen molar-refractivity contribution in [1.29, 1.82) is 0 Å². The maximum absolute atomic E-state index is 11.3. The van der Waals surface area contributed by atoms with Crippen molar-refractivity contribution in [2.45, 2.75) is 44.2 Å². The summed E-state index contributed by atoms with van der Waals surface area (Å²) in [6.07, 6.45) is 2.92. The van der Waals surface area contributed by atoms with E-state index in [-0.39, 0.29) is 11.9 Å². The van der Waals surface area contributed by atoms with Crippen LogP contribution in [0.5, 0.6) is 0 Å². The summed E-state index contributed by atoms with van der Waals surface area (Å²) in [5.74, 6) is -0.0362. The van der Waals surface area contributed by atoms with E-state index in [4.69, 9.17) is 5.73 Å². The highest BCUT2D eigenvalue weighted by Crippen LogP contribution is 2.44. The molecule has 3 unspecified atom stereocenters. The number of carbonyl (C=O) groups is 2. The molecule has 4 N–H and O–H groups in total. The van der Waals surface area contributed by atoms with Gasteiger partial charge in [0.15, 0.2) is 0 Å². The molecular weight excluding hydrogens is 254 g/mol. The molecule has 0 spiro atoms. The fourth-order valence-corrected chi connectivity index (χ4v) is 3.46. The Morgan fingerprint density at radius 3 is 2.85 bits per heavy atom. The van der Waals surface area contributed by atoms with Gasteiger partial charge >= 0.3 is 0 Å². The van der Waals surface area contributed by atoms with Crippen LogP contribution in [0.2, 0.25) is 0 Å². The average molecular weight is 273 g/mol. The molecule has 0 bridgehead atoms. The van der Waals surface area contributed by atoms with Crippen molar-refractivity contribution < 1.29 is 9.59 Å². The zero-order chi connectivity index (χ0) is 14.3. The van der Waals surface area contributed by atoms with E-state index in [0.717, 1.165) is 30.5 Å². The summed E-state index contributed by atoms with van der Waals surface area (Å²) in [6, 6.07) is 6.21. The topological polar surface area (TPSA) is 84.2 Å². The molecule has 1 aromatic carbocycles. The average Bonchev–Trinajstić information content (AvgIpc) is 2.75. The van der Waals surface area contributed by atoms with Gasteiger partial charge in [-0.1, -0.05) is 0 Å². The van der Waals surface area contributed by atoms with Gasteiger partial charge in [0.25, 0.3) is 0 Å². The van der Waals surface area contributed by atoms with E-state index in [0.29, 0.717) is 17.5 Å². The fourth-order valence-electron chi connectivity index (χ4n) is 3.46. The van der Waals surface area contributed by atoms with E-state index in [1.54, 1.807) is 13.0 Å². The molecule has 5 nitrogen and oxygen atoms in total. The Labute approximate surface area is 117 Å². The third-order valence-electron chi connectivity index (χ3n) is 4.33. The van der Waals surface area contributed by atoms with Gasteiger partial charge in [-0.25, -0.2) is 0 Å². The smallest absolute Gasteiger partial charge is 0.248 e. The number of anilines is 1. The second-order valence-electron chi connectivity index (χ2n) is 5.73. The normalized spacial score (nSPS) is 27.1. The van der Waals surface area contributed by atoms with Crippen LogP contribution in [0.15, 0.2) is 18.2 Å². The number of carbonyl (C=O) groups excluding carboxylic acids is 2. The minimum atomic E-state index is -0.398. The van der Waals surface area contributed by atoms with Gasteiger partial charge < -0.3 is 16.4 Å². The van der Waals surface area contributed by atoms with Crippen LogP contribution in [-0.4, -0.2) is 23.9 Å². The predicted molar refractivity (Wildman–Crippen MR) is 76.6 cm³/mol. The Kier molecular flexibility index (Phi) is 3.12. The summed E-state index contributed by atoms with van der Waals surface area (Å²) in [6.45, 7) is 1.55. The van der Waals surface area contributed by atoms with Crippen molar-refractivity contribution in [3.05, 3.63) is 29.3 Å². The summed E-state index contributed by atoms with van der Waals surface area (Å²) >= 11 is 0. The number of benzene rings is 1. The van der Waals surface area contributed by atoms with Crippen molar-refractivity contribution >= 4 is 17.5 Å². The summed E-state index contributed by atoms with van der Waals surface area (Å²) in [4.78, 5) is 22.5. The van der Waals surface area contributed by atoms with Gasteiger partial charge in [0, 0.05) is 36.2 Å². The van der Waals surface area contributed by atoms with Crippen LogP contribution in [0, 0.1) is 0 Å². The molecule has 2 amide bonds. The second-order valence-corrected chi connectivity index (χ2v) is 5.73.